The predicted octanol–water partition coefficient (Wildman–Crippen LogP) is 3.25. The molecule has 162 valence electrons. The molecule has 10 heteroatoms. The molecule has 1 aromatic heterocycles. The van der Waals surface area contributed by atoms with E-state index in [0.717, 1.165) is 0 Å². The number of benzene rings is 2. The monoisotopic (exact) mass is 431 g/mol. The van der Waals surface area contributed by atoms with Gasteiger partial charge in [-0.05, 0) is 31.2 Å². The van der Waals surface area contributed by atoms with Crippen LogP contribution in [0.3, 0.4) is 0 Å². The molecule has 0 aliphatic carbocycles. The molecule has 0 bridgehead atoms. The Morgan fingerprint density at radius 2 is 1.77 bits per heavy atom. The number of alkyl halides is 2. The highest BCUT2D eigenvalue weighted by Crippen LogP contribution is 2.35. The van der Waals surface area contributed by atoms with Crippen LogP contribution in [-0.4, -0.2) is 35.8 Å². The molecule has 0 radical (unpaired) electrons. The Hall–Kier alpha value is -3.82. The summed E-state index contributed by atoms with van der Waals surface area (Å²) < 4.78 is 44.5. The largest absolute Gasteiger partial charge is 0.497 e. The van der Waals surface area contributed by atoms with Gasteiger partial charge in [-0.3, -0.25) is 4.79 Å². The lowest BCUT2D eigenvalue weighted by Crippen LogP contribution is -2.35. The van der Waals surface area contributed by atoms with Gasteiger partial charge in [0.15, 0.2) is 0 Å². The van der Waals surface area contributed by atoms with Crippen molar-refractivity contribution >= 4 is 11.9 Å². The molecule has 1 atom stereocenters. The van der Waals surface area contributed by atoms with Crippen LogP contribution in [0.4, 0.5) is 8.78 Å². The normalized spacial score (nSPS) is 12.1. The van der Waals surface area contributed by atoms with Crippen LogP contribution in [0.2, 0.25) is 0 Å². The van der Waals surface area contributed by atoms with Gasteiger partial charge in [-0.25, -0.2) is 4.79 Å². The Morgan fingerprint density at radius 3 is 2.39 bits per heavy atom. The summed E-state index contributed by atoms with van der Waals surface area (Å²) in [7, 11) is 1.48. The summed E-state index contributed by atoms with van der Waals surface area (Å²) in [6, 6.07) is 11.4. The number of carbonyl (C=O) groups is 2. The fourth-order valence-electron chi connectivity index (χ4n) is 2.65. The lowest BCUT2D eigenvalue weighted by Gasteiger charge is -2.15. The summed E-state index contributed by atoms with van der Waals surface area (Å²) in [6.45, 7) is 1.55. The minimum atomic E-state index is -3.59. The average Bonchev–Trinajstić information content (AvgIpc) is 3.29. The number of aromatic nitrogens is 2. The number of esters is 1. The molecule has 3 rings (SSSR count). The van der Waals surface area contributed by atoms with Crippen molar-refractivity contribution < 1.29 is 32.3 Å². The minimum Gasteiger partial charge on any atom is -0.497 e. The Labute approximate surface area is 176 Å². The van der Waals surface area contributed by atoms with Gasteiger partial charge in [0.25, 0.3) is 17.7 Å². The molecule has 1 heterocycles. The summed E-state index contributed by atoms with van der Waals surface area (Å²) in [5, 5.41) is 9.32. The van der Waals surface area contributed by atoms with Crippen molar-refractivity contribution in [2.24, 2.45) is 0 Å². The number of ether oxygens (including phenoxy) is 2. The third-order valence-electron chi connectivity index (χ3n) is 4.24. The molecule has 0 saturated carbocycles. The maximum absolute atomic E-state index is 14.7. The Bertz CT molecular complexity index is 1040. The highest BCUT2D eigenvalue weighted by atomic mass is 19.3. The first kappa shape index (κ1) is 21.9. The van der Waals surface area contributed by atoms with Gasteiger partial charge in [0, 0.05) is 11.1 Å². The van der Waals surface area contributed by atoms with Crippen molar-refractivity contribution in [2.45, 2.75) is 18.9 Å². The van der Waals surface area contributed by atoms with Gasteiger partial charge < -0.3 is 19.2 Å². The number of methoxy groups -OCH3 is 1. The average molecular weight is 431 g/mol. The summed E-state index contributed by atoms with van der Waals surface area (Å²) in [5.74, 6) is -6.19. The number of amides is 1. The molecular weight excluding hydrogens is 412 g/mol. The van der Waals surface area contributed by atoms with Gasteiger partial charge in [0.2, 0.25) is 6.04 Å². The highest BCUT2D eigenvalue weighted by molar-refractivity contribution is 5.96. The van der Waals surface area contributed by atoms with Crippen molar-refractivity contribution in [3.05, 3.63) is 77.5 Å². The number of hydrogen-bond donors (Lipinski definition) is 1. The van der Waals surface area contributed by atoms with Crippen LogP contribution in [0.1, 0.15) is 40.7 Å². The standard InChI is InChI=1S/C21H19F2N3O5/c1-3-30-19(28)16(24-17(27)13-9-11-15(29-2)12-10-13)18-25-26-20(31-18)21(22,23)14-7-5-4-6-8-14/h4-12,16H,3H2,1-2H3,(H,24,27). The lowest BCUT2D eigenvalue weighted by atomic mass is 10.1. The van der Waals surface area contributed by atoms with E-state index < -0.39 is 35.6 Å². The zero-order valence-corrected chi connectivity index (χ0v) is 16.7. The maximum Gasteiger partial charge on any atom is 0.349 e. The molecule has 0 spiro atoms. The molecule has 1 amide bonds. The molecule has 0 saturated heterocycles. The lowest BCUT2D eigenvalue weighted by molar-refractivity contribution is -0.146. The number of nitrogens with zero attached hydrogens (tertiary/aromatic N) is 2. The molecule has 0 aliphatic heterocycles. The van der Waals surface area contributed by atoms with Crippen molar-refractivity contribution in [2.75, 3.05) is 13.7 Å². The summed E-state index contributed by atoms with van der Waals surface area (Å²) >= 11 is 0. The summed E-state index contributed by atoms with van der Waals surface area (Å²) in [5.41, 5.74) is -0.162. The molecule has 0 fully saturated rings. The first-order valence-electron chi connectivity index (χ1n) is 9.25. The predicted molar refractivity (Wildman–Crippen MR) is 104 cm³/mol. The van der Waals surface area contributed by atoms with E-state index in [1.165, 1.54) is 43.5 Å². The molecule has 0 aliphatic rings. The third kappa shape index (κ3) is 4.85. The number of rotatable bonds is 8. The topological polar surface area (TPSA) is 104 Å². The summed E-state index contributed by atoms with van der Waals surface area (Å²) in [6.07, 6.45) is 0. The van der Waals surface area contributed by atoms with E-state index in [1.807, 2.05) is 0 Å². The van der Waals surface area contributed by atoms with E-state index >= 15 is 0 Å². The summed E-state index contributed by atoms with van der Waals surface area (Å²) in [4.78, 5) is 24.9. The first-order chi connectivity index (χ1) is 14.9. The van der Waals surface area contributed by atoms with E-state index in [-0.39, 0.29) is 17.7 Å². The van der Waals surface area contributed by atoms with Gasteiger partial charge in [0.05, 0.1) is 13.7 Å². The minimum absolute atomic E-state index is 0.00505. The van der Waals surface area contributed by atoms with Crippen LogP contribution >= 0.6 is 0 Å². The van der Waals surface area contributed by atoms with Gasteiger partial charge in [-0.1, -0.05) is 30.3 Å². The van der Waals surface area contributed by atoms with Crippen molar-refractivity contribution in [3.8, 4) is 5.75 Å². The van der Waals surface area contributed by atoms with Gasteiger partial charge >= 0.3 is 11.9 Å². The van der Waals surface area contributed by atoms with Crippen molar-refractivity contribution in [3.63, 3.8) is 0 Å². The second-order valence-corrected chi connectivity index (χ2v) is 6.27. The van der Waals surface area contributed by atoms with E-state index in [1.54, 1.807) is 25.1 Å². The fourth-order valence-corrected chi connectivity index (χ4v) is 2.65. The van der Waals surface area contributed by atoms with E-state index in [2.05, 4.69) is 15.5 Å². The van der Waals surface area contributed by atoms with Crippen LogP contribution in [0, 0.1) is 0 Å². The van der Waals surface area contributed by atoms with Crippen molar-refractivity contribution in [1.82, 2.24) is 15.5 Å². The van der Waals surface area contributed by atoms with Crippen LogP contribution in [0.15, 0.2) is 59.0 Å². The number of carbonyl (C=O) groups excluding carboxylic acids is 2. The van der Waals surface area contributed by atoms with Crippen LogP contribution in [0.25, 0.3) is 0 Å². The van der Waals surface area contributed by atoms with Gasteiger partial charge in [0.1, 0.15) is 5.75 Å². The van der Waals surface area contributed by atoms with Crippen LogP contribution in [-0.2, 0) is 15.5 Å². The zero-order valence-electron chi connectivity index (χ0n) is 16.7. The number of nitrogens with one attached hydrogen (secondary N) is 1. The molecular formula is C21H19F2N3O5. The maximum atomic E-state index is 14.7. The van der Waals surface area contributed by atoms with Crippen LogP contribution < -0.4 is 10.1 Å². The second-order valence-electron chi connectivity index (χ2n) is 6.27. The number of hydrogen-bond acceptors (Lipinski definition) is 7. The first-order valence-corrected chi connectivity index (χ1v) is 9.25. The highest BCUT2D eigenvalue weighted by Gasteiger charge is 2.42. The molecule has 1 unspecified atom stereocenters. The molecule has 8 nitrogen and oxygen atoms in total. The smallest absolute Gasteiger partial charge is 0.349 e. The SMILES string of the molecule is CCOC(=O)C(NC(=O)c1ccc(OC)cc1)c1nnc(C(F)(F)c2ccccc2)o1. The molecule has 2 aromatic carbocycles. The third-order valence-corrected chi connectivity index (χ3v) is 4.24. The molecule has 3 aromatic rings. The number of halogens is 2. The Kier molecular flexibility index (Phi) is 6.58. The van der Waals surface area contributed by atoms with E-state index in [9.17, 15) is 18.4 Å². The Balaban J connectivity index is 1.87. The molecule has 31 heavy (non-hydrogen) atoms. The van der Waals surface area contributed by atoms with Gasteiger partial charge in [-0.2, -0.15) is 8.78 Å². The Morgan fingerprint density at radius 1 is 1.10 bits per heavy atom. The fraction of sp³-hybridized carbons (Fsp3) is 0.238. The van der Waals surface area contributed by atoms with E-state index in [4.69, 9.17) is 13.9 Å². The molecule has 1 N–H and O–H groups in total. The quantitative estimate of drug-likeness (QED) is 0.546. The van der Waals surface area contributed by atoms with E-state index in [0.29, 0.717) is 5.75 Å². The zero-order chi connectivity index (χ0) is 22.4. The van der Waals surface area contributed by atoms with Gasteiger partial charge in [-0.15, -0.1) is 10.2 Å². The van der Waals surface area contributed by atoms with Crippen molar-refractivity contribution in [1.29, 1.82) is 0 Å². The van der Waals surface area contributed by atoms with Crippen LogP contribution in [0.5, 0.6) is 5.75 Å². The second kappa shape index (κ2) is 9.33.